The molecule has 0 aliphatic carbocycles. The van der Waals surface area contributed by atoms with Crippen LogP contribution in [-0.2, 0) is 11.3 Å². The minimum Gasteiger partial charge on any atom is -0.478 e. The zero-order chi connectivity index (χ0) is 31.1. The van der Waals surface area contributed by atoms with Crippen LogP contribution in [0.15, 0.2) is 36.4 Å². The molecule has 3 N–H and O–H groups in total. The van der Waals surface area contributed by atoms with Gasteiger partial charge < -0.3 is 25.4 Å². The van der Waals surface area contributed by atoms with Gasteiger partial charge in [0.15, 0.2) is 5.82 Å². The summed E-state index contributed by atoms with van der Waals surface area (Å²) in [6.45, 7) is 10.1. The number of halogens is 1. The molecule has 0 unspecified atom stereocenters. The number of nitrogens with zero attached hydrogens (tertiary/aromatic N) is 4. The molecule has 3 heterocycles. The highest BCUT2D eigenvalue weighted by Crippen LogP contribution is 2.40. The van der Waals surface area contributed by atoms with E-state index in [0.29, 0.717) is 54.3 Å². The summed E-state index contributed by atoms with van der Waals surface area (Å²) in [6, 6.07) is 8.71. The minimum atomic E-state index is -1.08. The third-order valence-corrected chi connectivity index (χ3v) is 7.46. The molecule has 12 heteroatoms. The van der Waals surface area contributed by atoms with E-state index < -0.39 is 29.5 Å². The number of hydrogen-bond donors (Lipinski definition) is 3. The van der Waals surface area contributed by atoms with Gasteiger partial charge in [-0.05, 0) is 76.8 Å². The molecule has 5 rings (SSSR count). The molecule has 2 aliphatic rings. The van der Waals surface area contributed by atoms with Gasteiger partial charge in [-0.1, -0.05) is 18.2 Å². The van der Waals surface area contributed by atoms with E-state index in [4.69, 9.17) is 14.7 Å². The van der Waals surface area contributed by atoms with Crippen LogP contribution in [0.4, 0.5) is 31.4 Å². The highest BCUT2D eigenvalue weighted by Gasteiger charge is 2.35. The van der Waals surface area contributed by atoms with E-state index in [2.05, 4.69) is 10.6 Å². The maximum absolute atomic E-state index is 15.3. The molecule has 11 nitrogen and oxygen atoms in total. The van der Waals surface area contributed by atoms with Gasteiger partial charge in [-0.2, -0.15) is 4.98 Å². The third-order valence-electron chi connectivity index (χ3n) is 7.46. The molecule has 1 saturated heterocycles. The number of aromatic nitrogens is 2. The molecule has 0 radical (unpaired) electrons. The lowest BCUT2D eigenvalue weighted by Crippen LogP contribution is -2.47. The fourth-order valence-electron chi connectivity index (χ4n) is 5.33. The van der Waals surface area contributed by atoms with Crippen molar-refractivity contribution >= 4 is 35.5 Å². The van der Waals surface area contributed by atoms with Gasteiger partial charge in [0, 0.05) is 30.3 Å². The van der Waals surface area contributed by atoms with E-state index in [-0.39, 0.29) is 29.7 Å². The highest BCUT2D eigenvalue weighted by atomic mass is 19.1. The number of anilines is 3. The van der Waals surface area contributed by atoms with Crippen molar-refractivity contribution in [2.24, 2.45) is 0 Å². The molecule has 0 saturated carbocycles. The van der Waals surface area contributed by atoms with E-state index in [1.807, 2.05) is 11.8 Å². The average molecular weight is 591 g/mol. The van der Waals surface area contributed by atoms with E-state index in [9.17, 15) is 19.5 Å². The highest BCUT2D eigenvalue weighted by molar-refractivity contribution is 6.03. The molecule has 0 bridgehead atoms. The summed E-state index contributed by atoms with van der Waals surface area (Å²) < 4.78 is 20.6. The molecule has 2 aromatic carbocycles. The first-order chi connectivity index (χ1) is 20.3. The molecule has 43 heavy (non-hydrogen) atoms. The second kappa shape index (κ2) is 11.5. The summed E-state index contributed by atoms with van der Waals surface area (Å²) in [5, 5.41) is 15.4. The normalized spacial score (nSPS) is 15.5. The topological polar surface area (TPSA) is 137 Å². The van der Waals surface area contributed by atoms with Gasteiger partial charge in [-0.15, -0.1) is 0 Å². The Kier molecular flexibility index (Phi) is 7.96. The Morgan fingerprint density at radius 1 is 1.09 bits per heavy atom. The van der Waals surface area contributed by atoms with E-state index in [0.717, 1.165) is 5.56 Å². The van der Waals surface area contributed by atoms with Gasteiger partial charge in [-0.3, -0.25) is 0 Å². The Bertz CT molecular complexity index is 1580. The molecule has 2 aliphatic heterocycles. The van der Waals surface area contributed by atoms with Crippen LogP contribution in [-0.4, -0.2) is 57.9 Å². The minimum absolute atomic E-state index is 0.0758. The number of carboxylic acids is 1. The van der Waals surface area contributed by atoms with Gasteiger partial charge in [-0.25, -0.2) is 28.7 Å². The molecule has 3 aromatic rings. The number of para-hydroxylation sites is 1. The summed E-state index contributed by atoms with van der Waals surface area (Å²) in [5.74, 6) is -1.12. The van der Waals surface area contributed by atoms with Crippen molar-refractivity contribution in [3.8, 4) is 11.3 Å². The van der Waals surface area contributed by atoms with E-state index >= 15 is 4.39 Å². The molecule has 0 spiro atoms. The predicted octanol–water partition coefficient (Wildman–Crippen LogP) is 5.45. The van der Waals surface area contributed by atoms with Crippen molar-refractivity contribution in [1.82, 2.24) is 20.6 Å². The van der Waals surface area contributed by atoms with E-state index in [1.54, 1.807) is 52.0 Å². The molecular weight excluding hydrogens is 555 g/mol. The van der Waals surface area contributed by atoms with Gasteiger partial charge >= 0.3 is 18.1 Å². The van der Waals surface area contributed by atoms with Gasteiger partial charge in [0.1, 0.15) is 11.4 Å². The quantitative estimate of drug-likeness (QED) is 0.357. The van der Waals surface area contributed by atoms with Crippen LogP contribution in [0.1, 0.15) is 60.7 Å². The lowest BCUT2D eigenvalue weighted by Gasteiger charge is -2.35. The SMILES string of the molecule is Cc1ccc(C(=O)O)cc1-c1nc(N2CCC(NC(=O)OC(C)(C)C)CC2)nc2c1CNC(=O)N2c1c(C)cccc1F. The number of hydrogen-bond acceptors (Lipinski definition) is 7. The van der Waals surface area contributed by atoms with Crippen molar-refractivity contribution in [2.45, 2.75) is 65.6 Å². The first-order valence-electron chi connectivity index (χ1n) is 14.1. The van der Waals surface area contributed by atoms with Gasteiger partial charge in [0.25, 0.3) is 0 Å². The maximum Gasteiger partial charge on any atom is 0.407 e. The number of aryl methyl sites for hydroxylation is 2. The molecule has 3 amide bonds. The number of fused-ring (bicyclic) bond motifs is 1. The van der Waals surface area contributed by atoms with Crippen LogP contribution < -0.4 is 20.4 Å². The van der Waals surface area contributed by atoms with Crippen LogP contribution in [0.2, 0.25) is 0 Å². The van der Waals surface area contributed by atoms with Gasteiger partial charge in [0.2, 0.25) is 5.95 Å². The van der Waals surface area contributed by atoms with Crippen LogP contribution >= 0.6 is 0 Å². The van der Waals surface area contributed by atoms with Crippen molar-refractivity contribution in [2.75, 3.05) is 22.9 Å². The molecule has 1 fully saturated rings. The number of carbonyl (C=O) groups is 3. The number of benzene rings is 2. The lowest BCUT2D eigenvalue weighted by atomic mass is 9.97. The summed E-state index contributed by atoms with van der Waals surface area (Å²) in [7, 11) is 0. The smallest absolute Gasteiger partial charge is 0.407 e. The summed E-state index contributed by atoms with van der Waals surface area (Å²) >= 11 is 0. The summed E-state index contributed by atoms with van der Waals surface area (Å²) in [4.78, 5) is 50.4. The Balaban J connectivity index is 1.58. The predicted molar refractivity (Wildman–Crippen MR) is 159 cm³/mol. The Morgan fingerprint density at radius 3 is 2.47 bits per heavy atom. The number of aromatic carboxylic acids is 1. The van der Waals surface area contributed by atoms with E-state index in [1.165, 1.54) is 17.0 Å². The lowest BCUT2D eigenvalue weighted by molar-refractivity contribution is 0.0496. The summed E-state index contributed by atoms with van der Waals surface area (Å²) in [6.07, 6.45) is 0.715. The van der Waals surface area contributed by atoms with Crippen LogP contribution in [0.5, 0.6) is 0 Å². The number of urea groups is 1. The monoisotopic (exact) mass is 590 g/mol. The molecule has 226 valence electrons. The number of rotatable bonds is 5. The number of piperidine rings is 1. The molecular formula is C31H35FN6O5. The first kappa shape index (κ1) is 29.7. The van der Waals surface area contributed by atoms with Crippen molar-refractivity contribution in [3.63, 3.8) is 0 Å². The van der Waals surface area contributed by atoms with Crippen molar-refractivity contribution < 1.29 is 28.6 Å². The largest absolute Gasteiger partial charge is 0.478 e. The fraction of sp³-hybridized carbons (Fsp3) is 0.387. The number of alkyl carbamates (subject to hydrolysis) is 1. The number of amides is 3. The zero-order valence-corrected chi connectivity index (χ0v) is 24.8. The number of carboxylic acid groups (broad SMARTS) is 1. The second-order valence-corrected chi connectivity index (χ2v) is 11.8. The Morgan fingerprint density at radius 2 is 1.81 bits per heavy atom. The standard InChI is InChI=1S/C31H35FN6O5/c1-17-9-10-19(27(39)40)15-21(17)24-22-16-33-29(41)38(25-18(2)7-6-8-23(25)32)26(22)36-28(35-24)37-13-11-20(12-14-37)34-30(42)43-31(3,4)5/h6-10,15,20H,11-14,16H2,1-5H3,(H,33,41)(H,34,42)(H,39,40). The average Bonchev–Trinajstić information content (AvgIpc) is 2.93. The van der Waals surface area contributed by atoms with Crippen molar-refractivity contribution in [1.29, 1.82) is 0 Å². The summed E-state index contributed by atoms with van der Waals surface area (Å²) in [5.41, 5.74) is 2.45. The second-order valence-electron chi connectivity index (χ2n) is 11.8. The third kappa shape index (κ3) is 6.23. The Labute approximate surface area is 249 Å². The Hall–Kier alpha value is -4.74. The number of ether oxygens (including phenoxy) is 1. The van der Waals surface area contributed by atoms with Crippen LogP contribution in [0, 0.1) is 19.7 Å². The number of nitrogens with one attached hydrogen (secondary N) is 2. The molecule has 1 aromatic heterocycles. The van der Waals surface area contributed by atoms with Gasteiger partial charge in [0.05, 0.1) is 23.5 Å². The van der Waals surface area contributed by atoms with Crippen LogP contribution in [0.25, 0.3) is 11.3 Å². The maximum atomic E-state index is 15.3. The zero-order valence-electron chi connectivity index (χ0n) is 24.8. The fourth-order valence-corrected chi connectivity index (χ4v) is 5.33. The van der Waals surface area contributed by atoms with Crippen LogP contribution in [0.3, 0.4) is 0 Å². The first-order valence-corrected chi connectivity index (χ1v) is 14.1. The van der Waals surface area contributed by atoms with Crippen molar-refractivity contribution in [3.05, 3.63) is 64.5 Å². The molecule has 0 atom stereocenters. The number of carbonyl (C=O) groups excluding carboxylic acids is 2.